The van der Waals surface area contributed by atoms with Crippen LogP contribution in [0.5, 0.6) is 5.75 Å². The van der Waals surface area contributed by atoms with E-state index in [1.807, 2.05) is 13.8 Å². The van der Waals surface area contributed by atoms with Crippen LogP contribution < -0.4 is 9.64 Å². The van der Waals surface area contributed by atoms with E-state index in [0.717, 1.165) is 0 Å². The van der Waals surface area contributed by atoms with Crippen molar-refractivity contribution >= 4 is 40.5 Å². The van der Waals surface area contributed by atoms with Gasteiger partial charge in [0.2, 0.25) is 0 Å². The second-order valence-electron chi connectivity index (χ2n) is 6.32. The lowest BCUT2D eigenvalue weighted by Crippen LogP contribution is -2.48. The monoisotopic (exact) mass is 394 g/mol. The molecular formula is C18H16Cl2N2O4. The van der Waals surface area contributed by atoms with Crippen LogP contribution in [0.3, 0.4) is 0 Å². The Morgan fingerprint density at radius 2 is 1.88 bits per heavy atom. The van der Waals surface area contributed by atoms with Crippen molar-refractivity contribution in [3.63, 3.8) is 0 Å². The maximum Gasteiger partial charge on any atom is 0.273 e. The molecule has 1 unspecified atom stereocenters. The summed E-state index contributed by atoms with van der Waals surface area (Å²) in [7, 11) is 0. The number of ether oxygens (including phenoxy) is 1. The number of carbonyl (C=O) groups is 1. The molecule has 8 heteroatoms. The Labute approximate surface area is 160 Å². The van der Waals surface area contributed by atoms with Crippen LogP contribution in [0.2, 0.25) is 10.0 Å². The molecule has 2 aromatic rings. The molecular weight excluding hydrogens is 379 g/mol. The van der Waals surface area contributed by atoms with Crippen molar-refractivity contribution in [3.05, 3.63) is 62.1 Å². The number of nitrogens with zero attached hydrogens (tertiary/aromatic N) is 2. The van der Waals surface area contributed by atoms with Crippen LogP contribution in [-0.2, 0) is 11.3 Å². The van der Waals surface area contributed by atoms with Gasteiger partial charge in [-0.1, -0.05) is 43.1 Å². The number of hydrogen-bond donors (Lipinski definition) is 0. The Bertz CT molecular complexity index is 865. The van der Waals surface area contributed by atoms with Crippen molar-refractivity contribution in [3.8, 4) is 5.75 Å². The number of rotatable bonds is 4. The molecule has 1 heterocycles. The molecule has 0 radical (unpaired) electrons. The molecule has 0 aromatic heterocycles. The molecule has 0 bridgehead atoms. The number of amides is 1. The Hall–Kier alpha value is -2.31. The third-order valence-electron chi connectivity index (χ3n) is 4.19. The van der Waals surface area contributed by atoms with Gasteiger partial charge < -0.3 is 9.64 Å². The third kappa shape index (κ3) is 3.34. The number of benzene rings is 2. The average Bonchev–Trinajstić information content (AvgIpc) is 2.58. The number of fused-ring (bicyclic) bond motifs is 1. The SMILES string of the molecule is CC(C)C1Oc2cc([N+](=O)[O-])ccc2N(Cc2c(Cl)cccc2Cl)C1=O. The lowest BCUT2D eigenvalue weighted by molar-refractivity contribution is -0.384. The molecule has 1 amide bonds. The van der Waals surface area contributed by atoms with E-state index in [-0.39, 0.29) is 24.1 Å². The van der Waals surface area contributed by atoms with Gasteiger partial charge in [0.05, 0.1) is 23.2 Å². The van der Waals surface area contributed by atoms with Crippen LogP contribution in [0.15, 0.2) is 36.4 Å². The second-order valence-corrected chi connectivity index (χ2v) is 7.13. The largest absolute Gasteiger partial charge is 0.478 e. The van der Waals surface area contributed by atoms with Crippen molar-refractivity contribution in [1.29, 1.82) is 0 Å². The molecule has 136 valence electrons. The van der Waals surface area contributed by atoms with E-state index >= 15 is 0 Å². The molecule has 1 atom stereocenters. The Morgan fingerprint density at radius 3 is 2.46 bits per heavy atom. The van der Waals surface area contributed by atoms with E-state index in [9.17, 15) is 14.9 Å². The van der Waals surface area contributed by atoms with E-state index < -0.39 is 11.0 Å². The van der Waals surface area contributed by atoms with Gasteiger partial charge in [0.25, 0.3) is 11.6 Å². The normalized spacial score (nSPS) is 16.4. The molecule has 0 N–H and O–H groups in total. The van der Waals surface area contributed by atoms with E-state index in [2.05, 4.69) is 0 Å². The molecule has 0 saturated carbocycles. The summed E-state index contributed by atoms with van der Waals surface area (Å²) in [6, 6.07) is 9.30. The standard InChI is InChI=1S/C18H16Cl2N2O4/c1-10(2)17-18(23)21(9-12-13(19)4-3-5-14(12)20)15-7-6-11(22(24)25)8-16(15)26-17/h3-8,10,17H,9H2,1-2H3. The van der Waals surface area contributed by atoms with E-state index in [0.29, 0.717) is 27.0 Å². The first-order valence-corrected chi connectivity index (χ1v) is 8.74. The molecule has 0 fully saturated rings. The first kappa shape index (κ1) is 18.5. The molecule has 6 nitrogen and oxygen atoms in total. The van der Waals surface area contributed by atoms with Crippen LogP contribution in [0, 0.1) is 16.0 Å². The summed E-state index contributed by atoms with van der Waals surface area (Å²) >= 11 is 12.5. The Kier molecular flexibility index (Phi) is 5.07. The van der Waals surface area contributed by atoms with Crippen LogP contribution in [-0.4, -0.2) is 16.9 Å². The summed E-state index contributed by atoms with van der Waals surface area (Å²) in [6.45, 7) is 3.85. The predicted molar refractivity (Wildman–Crippen MR) is 100 cm³/mol. The van der Waals surface area contributed by atoms with Crippen molar-refractivity contribution in [2.75, 3.05) is 4.90 Å². The van der Waals surface area contributed by atoms with Gasteiger partial charge in [-0.2, -0.15) is 0 Å². The summed E-state index contributed by atoms with van der Waals surface area (Å²) in [5.74, 6) is -0.0582. The van der Waals surface area contributed by atoms with Crippen molar-refractivity contribution in [2.24, 2.45) is 5.92 Å². The number of halogens is 2. The number of hydrogen-bond acceptors (Lipinski definition) is 4. The van der Waals surface area contributed by atoms with Crippen LogP contribution in [0.1, 0.15) is 19.4 Å². The van der Waals surface area contributed by atoms with Crippen LogP contribution in [0.4, 0.5) is 11.4 Å². The highest BCUT2D eigenvalue weighted by molar-refractivity contribution is 6.36. The number of nitro benzene ring substituents is 1. The zero-order valence-electron chi connectivity index (χ0n) is 14.1. The highest BCUT2D eigenvalue weighted by atomic mass is 35.5. The van der Waals surface area contributed by atoms with Crippen molar-refractivity contribution in [2.45, 2.75) is 26.5 Å². The molecule has 1 aliphatic heterocycles. The maximum absolute atomic E-state index is 13.0. The molecule has 0 saturated heterocycles. The molecule has 3 rings (SSSR count). The molecule has 0 spiro atoms. The second kappa shape index (κ2) is 7.13. The zero-order valence-corrected chi connectivity index (χ0v) is 15.6. The Balaban J connectivity index is 2.08. The molecule has 2 aromatic carbocycles. The van der Waals surface area contributed by atoms with E-state index in [1.165, 1.54) is 23.1 Å². The van der Waals surface area contributed by atoms with Gasteiger partial charge in [0.1, 0.15) is 0 Å². The smallest absolute Gasteiger partial charge is 0.273 e. The fraction of sp³-hybridized carbons (Fsp3) is 0.278. The number of carbonyl (C=O) groups excluding carboxylic acids is 1. The lowest BCUT2D eigenvalue weighted by atomic mass is 10.0. The lowest BCUT2D eigenvalue weighted by Gasteiger charge is -2.36. The molecule has 1 aliphatic rings. The topological polar surface area (TPSA) is 72.7 Å². The summed E-state index contributed by atoms with van der Waals surface area (Å²) in [6.07, 6.45) is -0.745. The fourth-order valence-electron chi connectivity index (χ4n) is 2.82. The zero-order chi connectivity index (χ0) is 19.0. The van der Waals surface area contributed by atoms with Crippen molar-refractivity contribution in [1.82, 2.24) is 0 Å². The van der Waals surface area contributed by atoms with Crippen LogP contribution in [0.25, 0.3) is 0 Å². The van der Waals surface area contributed by atoms with Gasteiger partial charge >= 0.3 is 0 Å². The summed E-state index contributed by atoms with van der Waals surface area (Å²) < 4.78 is 5.76. The minimum atomic E-state index is -0.745. The van der Waals surface area contributed by atoms with Gasteiger partial charge in [0.15, 0.2) is 11.9 Å². The molecule has 0 aliphatic carbocycles. The predicted octanol–water partition coefficient (Wildman–Crippen LogP) is 4.85. The maximum atomic E-state index is 13.0. The van der Waals surface area contributed by atoms with Gasteiger partial charge in [-0.25, -0.2) is 0 Å². The Morgan fingerprint density at radius 1 is 1.23 bits per heavy atom. The summed E-state index contributed by atoms with van der Waals surface area (Å²) in [5, 5.41) is 12.0. The van der Waals surface area contributed by atoms with E-state index in [1.54, 1.807) is 18.2 Å². The fourth-order valence-corrected chi connectivity index (χ4v) is 3.34. The number of nitro groups is 1. The van der Waals surface area contributed by atoms with Gasteiger partial charge in [-0.05, 0) is 24.1 Å². The number of non-ortho nitro benzene ring substituents is 1. The van der Waals surface area contributed by atoms with Crippen LogP contribution >= 0.6 is 23.2 Å². The van der Waals surface area contributed by atoms with E-state index in [4.69, 9.17) is 27.9 Å². The summed E-state index contributed by atoms with van der Waals surface area (Å²) in [4.78, 5) is 25.0. The number of anilines is 1. The van der Waals surface area contributed by atoms with Gasteiger partial charge in [-0.15, -0.1) is 0 Å². The highest BCUT2D eigenvalue weighted by Gasteiger charge is 2.37. The molecule has 26 heavy (non-hydrogen) atoms. The minimum Gasteiger partial charge on any atom is -0.478 e. The average molecular weight is 395 g/mol. The first-order valence-electron chi connectivity index (χ1n) is 7.99. The van der Waals surface area contributed by atoms with Gasteiger partial charge in [-0.3, -0.25) is 14.9 Å². The first-order chi connectivity index (χ1) is 12.3. The van der Waals surface area contributed by atoms with Gasteiger partial charge in [0, 0.05) is 21.7 Å². The minimum absolute atomic E-state index is 0.101. The van der Waals surface area contributed by atoms with Crippen molar-refractivity contribution < 1.29 is 14.5 Å². The quantitative estimate of drug-likeness (QED) is 0.548. The third-order valence-corrected chi connectivity index (χ3v) is 4.90. The summed E-state index contributed by atoms with van der Waals surface area (Å²) in [5.41, 5.74) is 0.961. The highest BCUT2D eigenvalue weighted by Crippen LogP contribution is 2.40.